The summed E-state index contributed by atoms with van der Waals surface area (Å²) in [4.78, 5) is 30.5. The average molecular weight is 620 g/mol. The molecule has 1 fully saturated rings. The number of hydrogen-bond donors (Lipinski definition) is 0. The van der Waals surface area contributed by atoms with Crippen LogP contribution < -0.4 is 10.5 Å². The van der Waals surface area contributed by atoms with Gasteiger partial charge < -0.3 is 9.80 Å². The molecule has 0 bridgehead atoms. The van der Waals surface area contributed by atoms with Gasteiger partial charge in [-0.1, -0.05) is 73.4 Å². The Balaban J connectivity index is 1.87. The number of piperazine rings is 1. The molecule has 3 aromatic carbocycles. The van der Waals surface area contributed by atoms with Crippen molar-refractivity contribution >= 4 is 57.3 Å². The molecule has 1 aliphatic rings. The zero-order chi connectivity index (χ0) is 30.3. The van der Waals surface area contributed by atoms with Crippen molar-refractivity contribution in [3.05, 3.63) is 104 Å². The first-order valence-electron chi connectivity index (χ1n) is 13.6. The highest BCUT2D eigenvalue weighted by Gasteiger charge is 2.31. The minimum atomic E-state index is -0.428. The Bertz CT molecular complexity index is 1820. The summed E-state index contributed by atoms with van der Waals surface area (Å²) >= 11 is 19.6. The molecule has 1 saturated heterocycles. The third-order valence-corrected chi connectivity index (χ3v) is 8.47. The molecule has 1 aromatic heterocycles. The predicted octanol–water partition coefficient (Wildman–Crippen LogP) is 7.84. The fourth-order valence-corrected chi connectivity index (χ4v) is 6.56. The second kappa shape index (κ2) is 11.9. The van der Waals surface area contributed by atoms with Crippen LogP contribution in [0.4, 0.5) is 5.69 Å². The summed E-state index contributed by atoms with van der Waals surface area (Å²) in [6.07, 6.45) is 1.30. The highest BCUT2D eigenvalue weighted by molar-refractivity contribution is 6.36. The van der Waals surface area contributed by atoms with Crippen molar-refractivity contribution < 1.29 is 4.79 Å². The van der Waals surface area contributed by atoms with E-state index in [9.17, 15) is 14.9 Å². The van der Waals surface area contributed by atoms with Crippen LogP contribution in [0.5, 0.6) is 0 Å². The molecule has 1 aliphatic heterocycles. The van der Waals surface area contributed by atoms with Crippen LogP contribution in [0.2, 0.25) is 15.1 Å². The molecule has 6 nitrogen and oxygen atoms in total. The van der Waals surface area contributed by atoms with Crippen LogP contribution in [0.1, 0.15) is 37.8 Å². The van der Waals surface area contributed by atoms with E-state index >= 15 is 0 Å². The standard InChI is InChI=1S/C33H29Cl3N4O2/c1-5-31(41)38-10-11-39(20(4)18-38)32-26-15-28(36)25(21-12-22(34)14-23(35)13-21)16-30(26)40(33(42)27(32)17-37)29-9-7-6-8-24(29)19(2)3/h5-9,12-16,19-20H,1,10-11,18H2,2-4H3/t20-/m0/s1. The van der Waals surface area contributed by atoms with Crippen LogP contribution >= 0.6 is 34.8 Å². The third-order valence-electron chi connectivity index (χ3n) is 7.72. The van der Waals surface area contributed by atoms with Crippen molar-refractivity contribution in [2.75, 3.05) is 24.5 Å². The summed E-state index contributed by atoms with van der Waals surface area (Å²) in [7, 11) is 0. The lowest BCUT2D eigenvalue weighted by atomic mass is 9.97. The van der Waals surface area contributed by atoms with Gasteiger partial charge >= 0.3 is 0 Å². The molecular weight excluding hydrogens is 591 g/mol. The molecule has 4 aromatic rings. The van der Waals surface area contributed by atoms with Gasteiger partial charge in [-0.25, -0.2) is 0 Å². The van der Waals surface area contributed by atoms with E-state index in [0.717, 1.165) is 5.56 Å². The Morgan fingerprint density at radius 3 is 2.38 bits per heavy atom. The second-order valence-electron chi connectivity index (χ2n) is 10.7. The van der Waals surface area contributed by atoms with Crippen LogP contribution in [0.3, 0.4) is 0 Å². The fourth-order valence-electron chi connectivity index (χ4n) is 5.76. The summed E-state index contributed by atoms with van der Waals surface area (Å²) in [5.41, 5.74) is 3.69. The van der Waals surface area contributed by atoms with Gasteiger partial charge in [0.1, 0.15) is 11.6 Å². The molecule has 42 heavy (non-hydrogen) atoms. The number of pyridine rings is 1. The van der Waals surface area contributed by atoms with Crippen LogP contribution in [0.15, 0.2) is 72.0 Å². The first-order chi connectivity index (χ1) is 20.0. The number of para-hydroxylation sites is 1. The monoisotopic (exact) mass is 618 g/mol. The first-order valence-corrected chi connectivity index (χ1v) is 14.7. The summed E-state index contributed by atoms with van der Waals surface area (Å²) in [5.74, 6) is -0.0391. The normalized spacial score (nSPS) is 15.2. The maximum Gasteiger partial charge on any atom is 0.275 e. The maximum absolute atomic E-state index is 14.4. The lowest BCUT2D eigenvalue weighted by Gasteiger charge is -2.41. The van der Waals surface area contributed by atoms with Gasteiger partial charge in [-0.2, -0.15) is 5.26 Å². The van der Waals surface area contributed by atoms with Crippen molar-refractivity contribution in [1.29, 1.82) is 5.26 Å². The highest BCUT2D eigenvalue weighted by Crippen LogP contribution is 2.40. The number of amides is 1. The van der Waals surface area contributed by atoms with Crippen LogP contribution in [0.25, 0.3) is 27.7 Å². The number of hydrogen-bond acceptors (Lipinski definition) is 4. The lowest BCUT2D eigenvalue weighted by molar-refractivity contribution is -0.126. The number of nitrogens with zero attached hydrogens (tertiary/aromatic N) is 4. The molecule has 0 aliphatic carbocycles. The number of benzene rings is 3. The zero-order valence-electron chi connectivity index (χ0n) is 23.5. The molecule has 214 valence electrons. The molecular formula is C33H29Cl3N4O2. The van der Waals surface area contributed by atoms with Crippen molar-refractivity contribution in [2.45, 2.75) is 32.7 Å². The van der Waals surface area contributed by atoms with Gasteiger partial charge in [-0.05, 0) is 66.4 Å². The van der Waals surface area contributed by atoms with E-state index in [2.05, 4.69) is 26.5 Å². The number of rotatable bonds is 5. The van der Waals surface area contributed by atoms with Crippen LogP contribution in [-0.2, 0) is 4.79 Å². The van der Waals surface area contributed by atoms with Crippen LogP contribution in [0, 0.1) is 11.3 Å². The molecule has 5 rings (SSSR count). The first kappa shape index (κ1) is 29.7. The predicted molar refractivity (Wildman–Crippen MR) is 172 cm³/mol. The third kappa shape index (κ3) is 5.29. The molecule has 1 amide bonds. The van der Waals surface area contributed by atoms with Gasteiger partial charge in [-0.3, -0.25) is 14.2 Å². The van der Waals surface area contributed by atoms with E-state index in [-0.39, 0.29) is 23.4 Å². The van der Waals surface area contributed by atoms with Gasteiger partial charge in [0, 0.05) is 51.7 Å². The highest BCUT2D eigenvalue weighted by atomic mass is 35.5. The Labute approximate surface area is 259 Å². The summed E-state index contributed by atoms with van der Waals surface area (Å²) in [5, 5.41) is 12.4. The van der Waals surface area contributed by atoms with Gasteiger partial charge in [0.2, 0.25) is 5.91 Å². The Morgan fingerprint density at radius 1 is 1.07 bits per heavy atom. The van der Waals surface area contributed by atoms with Crippen molar-refractivity contribution in [1.82, 2.24) is 9.47 Å². The number of nitriles is 1. The molecule has 0 saturated carbocycles. The number of fused-ring (bicyclic) bond motifs is 1. The summed E-state index contributed by atoms with van der Waals surface area (Å²) in [6.45, 7) is 11.0. The molecule has 2 heterocycles. The smallest absolute Gasteiger partial charge is 0.275 e. The molecule has 9 heteroatoms. The topological polar surface area (TPSA) is 69.3 Å². The molecule has 1 atom stereocenters. The van der Waals surface area contributed by atoms with E-state index < -0.39 is 5.56 Å². The molecule has 0 N–H and O–H groups in total. The Hall–Kier alpha value is -3.76. The van der Waals surface area contributed by atoms with E-state index in [1.165, 1.54) is 6.08 Å². The van der Waals surface area contributed by atoms with Crippen molar-refractivity contribution in [3.63, 3.8) is 0 Å². The average Bonchev–Trinajstić information content (AvgIpc) is 2.95. The van der Waals surface area contributed by atoms with Gasteiger partial charge in [0.25, 0.3) is 5.56 Å². The molecule has 0 unspecified atom stereocenters. The number of aromatic nitrogens is 1. The van der Waals surface area contributed by atoms with E-state index in [1.807, 2.05) is 42.2 Å². The second-order valence-corrected chi connectivity index (χ2v) is 12.0. The maximum atomic E-state index is 14.4. The number of carbonyl (C=O) groups excluding carboxylic acids is 1. The van der Waals surface area contributed by atoms with Gasteiger partial charge in [0.05, 0.1) is 16.9 Å². The minimum absolute atomic E-state index is 0.0195. The van der Waals surface area contributed by atoms with Gasteiger partial charge in [0.15, 0.2) is 0 Å². The zero-order valence-corrected chi connectivity index (χ0v) is 25.8. The summed E-state index contributed by atoms with van der Waals surface area (Å²) < 4.78 is 1.61. The molecule has 0 spiro atoms. The summed E-state index contributed by atoms with van der Waals surface area (Å²) in [6, 6.07) is 18.6. The Kier molecular flexibility index (Phi) is 8.39. The van der Waals surface area contributed by atoms with Crippen LogP contribution in [-0.4, -0.2) is 41.1 Å². The van der Waals surface area contributed by atoms with E-state index in [4.69, 9.17) is 34.8 Å². The Morgan fingerprint density at radius 2 is 1.76 bits per heavy atom. The number of anilines is 1. The van der Waals surface area contributed by atoms with E-state index in [0.29, 0.717) is 68.1 Å². The fraction of sp³-hybridized carbons (Fsp3) is 0.242. The van der Waals surface area contributed by atoms with E-state index in [1.54, 1.807) is 33.7 Å². The number of carbonyl (C=O) groups is 1. The van der Waals surface area contributed by atoms with Crippen molar-refractivity contribution in [3.8, 4) is 22.9 Å². The number of halogens is 3. The van der Waals surface area contributed by atoms with Crippen molar-refractivity contribution in [2.24, 2.45) is 0 Å². The van der Waals surface area contributed by atoms with Gasteiger partial charge in [-0.15, -0.1) is 0 Å². The SMILES string of the molecule is C=CC(=O)N1CCN(c2c(C#N)c(=O)n(-c3ccccc3C(C)C)c3cc(-c4cc(Cl)cc(Cl)c4)c(Cl)cc23)[C@@H](C)C1. The quantitative estimate of drug-likeness (QED) is 0.214. The largest absolute Gasteiger partial charge is 0.363 e. The molecule has 0 radical (unpaired) electrons. The minimum Gasteiger partial charge on any atom is -0.363 e. The lowest BCUT2D eigenvalue weighted by Crippen LogP contribution is -2.54.